The van der Waals surface area contributed by atoms with Gasteiger partial charge in [0.05, 0.1) is 12.4 Å². The zero-order valence-corrected chi connectivity index (χ0v) is 11.1. The van der Waals surface area contributed by atoms with Gasteiger partial charge >= 0.3 is 0 Å². The molecule has 1 rings (SSSR count). The van der Waals surface area contributed by atoms with E-state index in [4.69, 9.17) is 15.2 Å². The molecule has 0 amide bonds. The lowest BCUT2D eigenvalue weighted by atomic mass is 9.92. The molecule has 102 valence electrons. The molecule has 7 heteroatoms. The molecule has 1 aliphatic heterocycles. The number of nitrogens with two attached hydrogens (primary N) is 1. The molecule has 0 bridgehead atoms. The van der Waals surface area contributed by atoms with Crippen LogP contribution in [0.4, 0.5) is 0 Å². The Morgan fingerprint density at radius 2 is 2.06 bits per heavy atom. The van der Waals surface area contributed by atoms with Crippen molar-refractivity contribution in [1.82, 2.24) is 4.72 Å². The van der Waals surface area contributed by atoms with Crippen LogP contribution in [-0.4, -0.2) is 52.7 Å². The molecule has 0 aliphatic carbocycles. The van der Waals surface area contributed by atoms with Crippen LogP contribution in [0.2, 0.25) is 0 Å². The number of nitrogens with one attached hydrogen (secondary N) is 1. The summed E-state index contributed by atoms with van der Waals surface area (Å²) in [4.78, 5) is 0. The summed E-state index contributed by atoms with van der Waals surface area (Å²) in [5.41, 5.74) is 5.15. The van der Waals surface area contributed by atoms with Crippen LogP contribution in [0.3, 0.4) is 0 Å². The van der Waals surface area contributed by atoms with E-state index in [0.717, 1.165) is 0 Å². The van der Waals surface area contributed by atoms with Gasteiger partial charge in [-0.1, -0.05) is 0 Å². The van der Waals surface area contributed by atoms with Crippen LogP contribution >= 0.6 is 0 Å². The highest BCUT2D eigenvalue weighted by molar-refractivity contribution is 7.89. The monoisotopic (exact) mass is 266 g/mol. The molecule has 1 heterocycles. The van der Waals surface area contributed by atoms with E-state index in [9.17, 15) is 8.42 Å². The molecule has 0 radical (unpaired) electrons. The Hall–Kier alpha value is -0.210. The molecule has 6 nitrogen and oxygen atoms in total. The van der Waals surface area contributed by atoms with Crippen molar-refractivity contribution < 1.29 is 17.9 Å². The lowest BCUT2D eigenvalue weighted by Crippen LogP contribution is -2.57. The number of sulfonamides is 1. The third kappa shape index (κ3) is 4.89. The van der Waals surface area contributed by atoms with Gasteiger partial charge in [-0.3, -0.25) is 0 Å². The van der Waals surface area contributed by atoms with E-state index >= 15 is 0 Å². The predicted molar refractivity (Wildman–Crippen MR) is 65.3 cm³/mol. The Morgan fingerprint density at radius 3 is 2.59 bits per heavy atom. The molecule has 0 spiro atoms. The minimum Gasteiger partial charge on any atom is -0.381 e. The van der Waals surface area contributed by atoms with Gasteiger partial charge in [-0.25, -0.2) is 13.1 Å². The van der Waals surface area contributed by atoms with Gasteiger partial charge in [0.2, 0.25) is 10.0 Å². The Bertz CT molecular complexity index is 312. The van der Waals surface area contributed by atoms with Crippen molar-refractivity contribution in [2.75, 3.05) is 38.7 Å². The van der Waals surface area contributed by atoms with Gasteiger partial charge in [-0.2, -0.15) is 0 Å². The third-order valence-electron chi connectivity index (χ3n) is 2.91. The van der Waals surface area contributed by atoms with Crippen LogP contribution in [-0.2, 0) is 19.5 Å². The van der Waals surface area contributed by atoms with Crippen LogP contribution in [0.1, 0.15) is 19.8 Å². The summed E-state index contributed by atoms with van der Waals surface area (Å²) in [5.74, 6) is -0.0244. The van der Waals surface area contributed by atoms with Gasteiger partial charge in [0.25, 0.3) is 0 Å². The van der Waals surface area contributed by atoms with Gasteiger partial charge in [0.15, 0.2) is 0 Å². The van der Waals surface area contributed by atoms with E-state index in [2.05, 4.69) is 4.72 Å². The maximum atomic E-state index is 11.9. The quantitative estimate of drug-likeness (QED) is 0.603. The van der Waals surface area contributed by atoms with E-state index in [1.807, 2.05) is 6.92 Å². The first-order chi connectivity index (χ1) is 8.04. The molecule has 0 unspecified atom stereocenters. The maximum absolute atomic E-state index is 11.9. The minimum absolute atomic E-state index is 0.0244. The highest BCUT2D eigenvalue weighted by atomic mass is 32.2. The zero-order chi connectivity index (χ0) is 12.8. The standard InChI is InChI=1S/C10H22N2O4S/c1-2-15-7-8-17(13,14)12-10(9-11)3-5-16-6-4-10/h12H,2-9,11H2,1H3. The maximum Gasteiger partial charge on any atom is 0.214 e. The van der Waals surface area contributed by atoms with Gasteiger partial charge in [-0.05, 0) is 19.8 Å². The van der Waals surface area contributed by atoms with Crippen molar-refractivity contribution in [2.24, 2.45) is 5.73 Å². The van der Waals surface area contributed by atoms with Crippen LogP contribution in [0.15, 0.2) is 0 Å². The Balaban J connectivity index is 2.54. The van der Waals surface area contributed by atoms with Gasteiger partial charge in [0, 0.05) is 31.9 Å². The van der Waals surface area contributed by atoms with E-state index in [1.54, 1.807) is 0 Å². The average Bonchev–Trinajstić information content (AvgIpc) is 2.30. The Morgan fingerprint density at radius 1 is 1.41 bits per heavy atom. The second-order valence-electron chi connectivity index (χ2n) is 4.21. The number of hydrogen-bond acceptors (Lipinski definition) is 5. The van der Waals surface area contributed by atoms with Crippen LogP contribution in [0, 0.1) is 0 Å². The first-order valence-corrected chi connectivity index (χ1v) is 7.56. The summed E-state index contributed by atoms with van der Waals surface area (Å²) in [7, 11) is -3.33. The molecule has 3 N–H and O–H groups in total. The Kier molecular flexibility index (Phi) is 5.81. The summed E-state index contributed by atoms with van der Waals surface area (Å²) in [5, 5.41) is 0. The minimum atomic E-state index is -3.33. The van der Waals surface area contributed by atoms with E-state index in [-0.39, 0.29) is 12.4 Å². The summed E-state index contributed by atoms with van der Waals surface area (Å²) >= 11 is 0. The zero-order valence-electron chi connectivity index (χ0n) is 10.3. The lowest BCUT2D eigenvalue weighted by molar-refractivity contribution is 0.0501. The SMILES string of the molecule is CCOCCS(=O)(=O)NC1(CN)CCOCC1. The van der Waals surface area contributed by atoms with Crippen molar-refractivity contribution in [1.29, 1.82) is 0 Å². The van der Waals surface area contributed by atoms with Gasteiger partial charge in [-0.15, -0.1) is 0 Å². The lowest BCUT2D eigenvalue weighted by Gasteiger charge is -2.36. The highest BCUT2D eigenvalue weighted by Crippen LogP contribution is 2.20. The van der Waals surface area contributed by atoms with Crippen molar-refractivity contribution in [2.45, 2.75) is 25.3 Å². The molecular weight excluding hydrogens is 244 g/mol. The van der Waals surface area contributed by atoms with Crippen LogP contribution < -0.4 is 10.5 Å². The van der Waals surface area contributed by atoms with Crippen molar-refractivity contribution in [3.05, 3.63) is 0 Å². The van der Waals surface area contributed by atoms with Crippen LogP contribution in [0.25, 0.3) is 0 Å². The summed E-state index contributed by atoms with van der Waals surface area (Å²) in [6.07, 6.45) is 1.24. The summed E-state index contributed by atoms with van der Waals surface area (Å²) in [6, 6.07) is 0. The van der Waals surface area contributed by atoms with Crippen molar-refractivity contribution in [3.8, 4) is 0 Å². The number of hydrogen-bond donors (Lipinski definition) is 2. The summed E-state index contributed by atoms with van der Waals surface area (Å²) < 4.78 is 36.7. The number of ether oxygens (including phenoxy) is 2. The van der Waals surface area contributed by atoms with E-state index in [1.165, 1.54) is 0 Å². The fraction of sp³-hybridized carbons (Fsp3) is 1.00. The molecule has 0 saturated carbocycles. The normalized spacial score (nSPS) is 20.4. The average molecular weight is 266 g/mol. The van der Waals surface area contributed by atoms with Crippen molar-refractivity contribution in [3.63, 3.8) is 0 Å². The molecular formula is C10H22N2O4S. The van der Waals surface area contributed by atoms with E-state index in [0.29, 0.717) is 39.2 Å². The highest BCUT2D eigenvalue weighted by Gasteiger charge is 2.34. The molecule has 1 saturated heterocycles. The first-order valence-electron chi connectivity index (χ1n) is 5.91. The summed E-state index contributed by atoms with van der Waals surface area (Å²) in [6.45, 7) is 3.95. The molecule has 0 aromatic rings. The fourth-order valence-electron chi connectivity index (χ4n) is 1.80. The first kappa shape index (κ1) is 14.8. The smallest absolute Gasteiger partial charge is 0.214 e. The van der Waals surface area contributed by atoms with Gasteiger partial charge < -0.3 is 15.2 Å². The molecule has 0 aromatic heterocycles. The Labute approximate surface area is 103 Å². The second kappa shape index (κ2) is 6.65. The molecule has 0 atom stereocenters. The largest absolute Gasteiger partial charge is 0.381 e. The molecule has 1 aliphatic rings. The fourth-order valence-corrected chi connectivity index (χ4v) is 3.19. The van der Waals surface area contributed by atoms with Gasteiger partial charge in [0.1, 0.15) is 0 Å². The molecule has 0 aromatic carbocycles. The van der Waals surface area contributed by atoms with E-state index < -0.39 is 15.6 Å². The molecule has 1 fully saturated rings. The topological polar surface area (TPSA) is 90.7 Å². The predicted octanol–water partition coefficient (Wildman–Crippen LogP) is -0.550. The number of rotatable bonds is 7. The third-order valence-corrected chi connectivity index (χ3v) is 4.36. The second-order valence-corrected chi connectivity index (χ2v) is 6.06. The van der Waals surface area contributed by atoms with Crippen molar-refractivity contribution >= 4 is 10.0 Å². The molecule has 17 heavy (non-hydrogen) atoms. The van der Waals surface area contributed by atoms with Crippen LogP contribution in [0.5, 0.6) is 0 Å².